The number of furan rings is 1. The van der Waals surface area contributed by atoms with Crippen LogP contribution in [0.2, 0.25) is 0 Å². The third kappa shape index (κ3) is 3.99. The smallest absolute Gasteiger partial charge is 0.216 e. The zero-order valence-electron chi connectivity index (χ0n) is 11.9. The number of nitrogens with one attached hydrogen (secondary N) is 2. The Kier molecular flexibility index (Phi) is 4.71. The fraction of sp³-hybridized carbons (Fsp3) is 0.0667. The summed E-state index contributed by atoms with van der Waals surface area (Å²) in [6, 6.07) is 13.7. The number of rotatable bonds is 6. The summed E-state index contributed by atoms with van der Waals surface area (Å²) >= 11 is 1.69. The summed E-state index contributed by atoms with van der Waals surface area (Å²) in [4.78, 5) is 1.13. The predicted molar refractivity (Wildman–Crippen MR) is 86.1 cm³/mol. The zero-order chi connectivity index (χ0) is 15.9. The van der Waals surface area contributed by atoms with E-state index in [2.05, 4.69) is 25.9 Å². The lowest BCUT2D eigenvalue weighted by molar-refractivity contribution is 0.530. The Bertz CT molecular complexity index is 803. The molecule has 0 bridgehead atoms. The summed E-state index contributed by atoms with van der Waals surface area (Å²) in [5.41, 5.74) is 1.17. The minimum absolute atomic E-state index is 0.255. The summed E-state index contributed by atoms with van der Waals surface area (Å²) in [5, 5.41) is 25.4. The fourth-order valence-corrected chi connectivity index (χ4v) is 2.58. The Morgan fingerprint density at radius 2 is 2.22 bits per heavy atom. The van der Waals surface area contributed by atoms with E-state index in [9.17, 15) is 0 Å². The van der Waals surface area contributed by atoms with Crippen molar-refractivity contribution >= 4 is 23.0 Å². The van der Waals surface area contributed by atoms with Gasteiger partial charge in [0.25, 0.3) is 0 Å². The molecule has 2 N–H and O–H groups in total. The van der Waals surface area contributed by atoms with Gasteiger partial charge in [-0.3, -0.25) is 0 Å². The van der Waals surface area contributed by atoms with Gasteiger partial charge < -0.3 is 9.73 Å². The topological polar surface area (TPSA) is 103 Å². The number of nitriles is 1. The molecule has 0 aliphatic carbocycles. The molecule has 0 aliphatic rings. The van der Waals surface area contributed by atoms with Gasteiger partial charge in [-0.25, -0.2) is 0 Å². The fourth-order valence-electron chi connectivity index (χ4n) is 1.77. The van der Waals surface area contributed by atoms with Gasteiger partial charge in [0.1, 0.15) is 17.4 Å². The number of anilines is 1. The lowest BCUT2D eigenvalue weighted by Gasteiger charge is -2.03. The molecular formula is C15H12N6OS. The molecule has 114 valence electrons. The Labute approximate surface area is 136 Å². The van der Waals surface area contributed by atoms with Gasteiger partial charge in [-0.1, -0.05) is 0 Å². The highest BCUT2D eigenvalue weighted by molar-refractivity contribution is 7.98. The quantitative estimate of drug-likeness (QED) is 0.530. The first-order valence-electron chi connectivity index (χ1n) is 6.71. The molecule has 0 atom stereocenters. The summed E-state index contributed by atoms with van der Waals surface area (Å²) < 4.78 is 5.30. The van der Waals surface area contributed by atoms with Crippen molar-refractivity contribution in [2.24, 2.45) is 0 Å². The second-order valence-corrected chi connectivity index (χ2v) is 5.49. The maximum absolute atomic E-state index is 9.09. The summed E-state index contributed by atoms with van der Waals surface area (Å²) in [6.07, 6.45) is 3.22. The van der Waals surface area contributed by atoms with Crippen LogP contribution in [0.5, 0.6) is 0 Å². The minimum atomic E-state index is 0.255. The van der Waals surface area contributed by atoms with E-state index in [0.29, 0.717) is 5.57 Å². The predicted octanol–water partition coefficient (Wildman–Crippen LogP) is 3.06. The van der Waals surface area contributed by atoms with Crippen LogP contribution in [0.3, 0.4) is 0 Å². The minimum Gasteiger partial charge on any atom is -0.468 e. The number of tetrazole rings is 1. The average molecular weight is 324 g/mol. The average Bonchev–Trinajstić information content (AvgIpc) is 3.28. The molecule has 0 spiro atoms. The SMILES string of the molecule is N#CC(=CNc1ccc(SCc2ccco2)cc1)c1nn[nH]n1. The first-order valence-corrected chi connectivity index (χ1v) is 7.69. The number of thioether (sulfide) groups is 1. The highest BCUT2D eigenvalue weighted by Gasteiger charge is 2.05. The van der Waals surface area contributed by atoms with Gasteiger partial charge in [0.15, 0.2) is 0 Å². The lowest BCUT2D eigenvalue weighted by atomic mass is 10.3. The molecule has 0 unspecified atom stereocenters. The second-order valence-electron chi connectivity index (χ2n) is 4.44. The molecule has 8 heteroatoms. The summed E-state index contributed by atoms with van der Waals surface area (Å²) in [7, 11) is 0. The summed E-state index contributed by atoms with van der Waals surface area (Å²) in [5.74, 6) is 1.99. The van der Waals surface area contributed by atoms with Crippen LogP contribution < -0.4 is 5.32 Å². The van der Waals surface area contributed by atoms with Crippen LogP contribution >= 0.6 is 11.8 Å². The van der Waals surface area contributed by atoms with Crippen LogP contribution in [-0.4, -0.2) is 20.6 Å². The maximum Gasteiger partial charge on any atom is 0.216 e. The van der Waals surface area contributed by atoms with Gasteiger partial charge >= 0.3 is 0 Å². The number of hydrogen-bond donors (Lipinski definition) is 2. The van der Waals surface area contributed by atoms with E-state index in [4.69, 9.17) is 9.68 Å². The van der Waals surface area contributed by atoms with Crippen molar-refractivity contribution < 1.29 is 4.42 Å². The third-order valence-electron chi connectivity index (χ3n) is 2.91. The number of aromatic nitrogens is 4. The molecule has 1 aromatic carbocycles. The molecule has 23 heavy (non-hydrogen) atoms. The van der Waals surface area contributed by atoms with Gasteiger partial charge in [0.2, 0.25) is 5.82 Å². The van der Waals surface area contributed by atoms with E-state index in [-0.39, 0.29) is 5.82 Å². The molecule has 0 aliphatic heterocycles. The maximum atomic E-state index is 9.09. The van der Waals surface area contributed by atoms with E-state index < -0.39 is 0 Å². The zero-order valence-corrected chi connectivity index (χ0v) is 12.7. The van der Waals surface area contributed by atoms with Crippen molar-refractivity contribution in [2.45, 2.75) is 10.6 Å². The van der Waals surface area contributed by atoms with Crippen molar-refractivity contribution in [3.05, 3.63) is 60.4 Å². The van der Waals surface area contributed by atoms with E-state index >= 15 is 0 Å². The van der Waals surface area contributed by atoms with E-state index in [1.807, 2.05) is 42.5 Å². The van der Waals surface area contributed by atoms with Crippen LogP contribution in [0.1, 0.15) is 11.6 Å². The lowest BCUT2D eigenvalue weighted by Crippen LogP contribution is -1.92. The number of benzene rings is 1. The largest absolute Gasteiger partial charge is 0.468 e. The van der Waals surface area contributed by atoms with E-state index in [1.54, 1.807) is 24.2 Å². The van der Waals surface area contributed by atoms with Gasteiger partial charge in [-0.2, -0.15) is 10.5 Å². The number of aromatic amines is 1. The number of H-pyrrole nitrogens is 1. The Hall–Kier alpha value is -3.05. The van der Waals surface area contributed by atoms with Crippen LogP contribution in [0, 0.1) is 11.3 Å². The molecule has 2 aromatic heterocycles. The first-order chi connectivity index (χ1) is 11.3. The van der Waals surface area contributed by atoms with Crippen molar-refractivity contribution in [1.82, 2.24) is 20.6 Å². The van der Waals surface area contributed by atoms with Crippen LogP contribution in [0.25, 0.3) is 5.57 Å². The standard InChI is InChI=1S/C15H12N6OS/c16-8-11(15-18-20-21-19-15)9-17-12-3-5-14(6-4-12)23-10-13-2-1-7-22-13/h1-7,9,17H,10H2,(H,18,19,20,21). The van der Waals surface area contributed by atoms with E-state index in [1.165, 1.54) is 0 Å². The number of hydrogen-bond acceptors (Lipinski definition) is 7. The first kappa shape index (κ1) is 14.9. The van der Waals surface area contributed by atoms with Crippen LogP contribution in [0.4, 0.5) is 5.69 Å². The van der Waals surface area contributed by atoms with Gasteiger partial charge in [0.05, 0.1) is 12.0 Å². The summed E-state index contributed by atoms with van der Waals surface area (Å²) in [6.45, 7) is 0. The Balaban J connectivity index is 1.60. The number of nitrogens with zero attached hydrogens (tertiary/aromatic N) is 4. The van der Waals surface area contributed by atoms with Crippen molar-refractivity contribution in [2.75, 3.05) is 5.32 Å². The molecule has 0 amide bonds. The number of allylic oxidation sites excluding steroid dienone is 1. The van der Waals surface area contributed by atoms with Crippen molar-refractivity contribution in [3.8, 4) is 6.07 Å². The third-order valence-corrected chi connectivity index (χ3v) is 3.94. The molecular weight excluding hydrogens is 312 g/mol. The van der Waals surface area contributed by atoms with Crippen LogP contribution in [-0.2, 0) is 5.75 Å². The molecule has 3 aromatic rings. The molecule has 0 fully saturated rings. The normalized spacial score (nSPS) is 11.2. The van der Waals surface area contributed by atoms with Gasteiger partial charge in [-0.15, -0.1) is 22.0 Å². The highest BCUT2D eigenvalue weighted by atomic mass is 32.2. The van der Waals surface area contributed by atoms with Gasteiger partial charge in [-0.05, 0) is 41.6 Å². The Morgan fingerprint density at radius 3 is 2.87 bits per heavy atom. The van der Waals surface area contributed by atoms with E-state index in [0.717, 1.165) is 22.1 Å². The monoisotopic (exact) mass is 324 g/mol. The molecule has 0 saturated heterocycles. The molecule has 7 nitrogen and oxygen atoms in total. The van der Waals surface area contributed by atoms with Crippen molar-refractivity contribution in [1.29, 1.82) is 5.26 Å². The Morgan fingerprint density at radius 1 is 1.35 bits per heavy atom. The molecule has 0 radical (unpaired) electrons. The second kappa shape index (κ2) is 7.29. The highest BCUT2D eigenvalue weighted by Crippen LogP contribution is 2.24. The van der Waals surface area contributed by atoms with Crippen molar-refractivity contribution in [3.63, 3.8) is 0 Å². The molecule has 2 heterocycles. The van der Waals surface area contributed by atoms with Gasteiger partial charge in [0, 0.05) is 16.8 Å². The molecule has 3 rings (SSSR count). The van der Waals surface area contributed by atoms with Crippen LogP contribution in [0.15, 0.2) is 58.2 Å². The molecule has 0 saturated carbocycles.